The molecule has 0 saturated heterocycles. The Balaban J connectivity index is 1.86. The van der Waals surface area contributed by atoms with Gasteiger partial charge >= 0.3 is 0 Å². The van der Waals surface area contributed by atoms with Crippen LogP contribution in [0.2, 0.25) is 0 Å². The maximum absolute atomic E-state index is 5.80. The molecule has 68 valence electrons. The van der Waals surface area contributed by atoms with Gasteiger partial charge in [0.25, 0.3) is 0 Å². The molecule has 4 aliphatic carbocycles. The summed E-state index contributed by atoms with van der Waals surface area (Å²) < 4.78 is 0. The second-order valence-electron chi connectivity index (χ2n) is 5.07. The summed E-state index contributed by atoms with van der Waals surface area (Å²) >= 11 is 5.80. The van der Waals surface area contributed by atoms with Gasteiger partial charge in [-0.15, -0.1) is 0 Å². The van der Waals surface area contributed by atoms with Crippen molar-refractivity contribution in [3.63, 3.8) is 0 Å². The Morgan fingerprint density at radius 1 is 0.833 bits per heavy atom. The van der Waals surface area contributed by atoms with E-state index in [-0.39, 0.29) is 0 Å². The summed E-state index contributed by atoms with van der Waals surface area (Å²) in [4.78, 5) is 3.02. The first kappa shape index (κ1) is 7.64. The minimum absolute atomic E-state index is 0.652. The van der Waals surface area contributed by atoms with Crippen LogP contribution in [0, 0.1) is 23.7 Å². The lowest BCUT2D eigenvalue weighted by Gasteiger charge is -2.53. The average molecular weight is 186 g/mol. The predicted octanol–water partition coefficient (Wildman–Crippen LogP) is 2.55. The molecule has 4 aliphatic rings. The number of halogens is 1. The highest BCUT2D eigenvalue weighted by Gasteiger charge is 2.47. The molecule has 0 atom stereocenters. The molecule has 0 radical (unpaired) electrons. The van der Waals surface area contributed by atoms with Gasteiger partial charge in [-0.3, -0.25) is 0 Å². The van der Waals surface area contributed by atoms with Gasteiger partial charge in [0.1, 0.15) is 0 Å². The first-order valence-corrected chi connectivity index (χ1v) is 5.60. The van der Waals surface area contributed by atoms with Gasteiger partial charge < -0.3 is 0 Å². The molecule has 0 unspecified atom stereocenters. The van der Waals surface area contributed by atoms with E-state index in [0.29, 0.717) is 6.04 Å². The summed E-state index contributed by atoms with van der Waals surface area (Å²) in [6, 6.07) is 0.652. The van der Waals surface area contributed by atoms with Crippen molar-refractivity contribution in [3.05, 3.63) is 0 Å². The maximum atomic E-state index is 5.80. The van der Waals surface area contributed by atoms with Crippen LogP contribution in [0.5, 0.6) is 0 Å². The Morgan fingerprint density at radius 2 is 1.33 bits per heavy atom. The molecule has 2 heteroatoms. The van der Waals surface area contributed by atoms with Gasteiger partial charge in [0.15, 0.2) is 0 Å². The molecule has 0 aliphatic heterocycles. The summed E-state index contributed by atoms with van der Waals surface area (Å²) in [6.07, 6.45) is 7.35. The standard InChI is InChI=1S/C10H16ClN/c11-12-10-8-2-6-1-7(4-8)5-9(10)3-6/h6-10,12H,1-5H2. The molecule has 0 amide bonds. The summed E-state index contributed by atoms with van der Waals surface area (Å²) in [5.41, 5.74) is 0. The van der Waals surface area contributed by atoms with Crippen LogP contribution in [-0.2, 0) is 0 Å². The van der Waals surface area contributed by atoms with Crippen molar-refractivity contribution in [2.45, 2.75) is 38.1 Å². The van der Waals surface area contributed by atoms with Crippen LogP contribution in [0.4, 0.5) is 0 Å². The van der Waals surface area contributed by atoms with Gasteiger partial charge in [-0.1, -0.05) is 0 Å². The van der Waals surface area contributed by atoms with Gasteiger partial charge in [0.05, 0.1) is 0 Å². The van der Waals surface area contributed by atoms with Crippen LogP contribution in [-0.4, -0.2) is 6.04 Å². The van der Waals surface area contributed by atoms with Crippen LogP contribution < -0.4 is 4.84 Å². The molecule has 1 N–H and O–H groups in total. The molecule has 0 aromatic rings. The van der Waals surface area contributed by atoms with E-state index < -0.39 is 0 Å². The van der Waals surface area contributed by atoms with Gasteiger partial charge in [-0.05, 0) is 67.6 Å². The number of rotatable bonds is 1. The van der Waals surface area contributed by atoms with Gasteiger partial charge in [0.2, 0.25) is 0 Å². The van der Waals surface area contributed by atoms with Crippen molar-refractivity contribution in [2.75, 3.05) is 0 Å². The SMILES string of the molecule is ClNC1C2CC3CC(C2)CC1C3. The van der Waals surface area contributed by atoms with Crippen LogP contribution in [0.25, 0.3) is 0 Å². The van der Waals surface area contributed by atoms with Gasteiger partial charge in [-0.25, -0.2) is 4.84 Å². The van der Waals surface area contributed by atoms with E-state index >= 15 is 0 Å². The lowest BCUT2D eigenvalue weighted by atomic mass is 9.54. The summed E-state index contributed by atoms with van der Waals surface area (Å²) in [7, 11) is 0. The van der Waals surface area contributed by atoms with Gasteiger partial charge in [0, 0.05) is 6.04 Å². The topological polar surface area (TPSA) is 12.0 Å². The molecule has 12 heavy (non-hydrogen) atoms. The zero-order valence-corrected chi connectivity index (χ0v) is 8.06. The minimum atomic E-state index is 0.652. The predicted molar refractivity (Wildman–Crippen MR) is 49.8 cm³/mol. The third-order valence-electron chi connectivity index (χ3n) is 4.35. The minimum Gasteiger partial charge on any atom is -0.230 e. The molecule has 4 saturated carbocycles. The number of hydrogen-bond donors (Lipinski definition) is 1. The second kappa shape index (κ2) is 2.62. The molecule has 4 fully saturated rings. The van der Waals surface area contributed by atoms with Crippen molar-refractivity contribution in [1.29, 1.82) is 0 Å². The number of hydrogen-bond acceptors (Lipinski definition) is 1. The molecule has 1 nitrogen and oxygen atoms in total. The summed E-state index contributed by atoms with van der Waals surface area (Å²) in [5.74, 6) is 3.96. The highest BCUT2D eigenvalue weighted by Crippen LogP contribution is 2.53. The second-order valence-corrected chi connectivity index (χ2v) is 5.28. The molecular weight excluding hydrogens is 170 g/mol. The van der Waals surface area contributed by atoms with Crippen molar-refractivity contribution in [1.82, 2.24) is 4.84 Å². The van der Waals surface area contributed by atoms with Gasteiger partial charge in [-0.2, -0.15) is 0 Å². The highest BCUT2D eigenvalue weighted by molar-refractivity contribution is 6.13. The van der Waals surface area contributed by atoms with E-state index in [1.165, 1.54) is 32.1 Å². The Hall–Kier alpha value is 0.250. The zero-order chi connectivity index (χ0) is 8.13. The van der Waals surface area contributed by atoms with Crippen molar-refractivity contribution < 1.29 is 0 Å². The monoisotopic (exact) mass is 185 g/mol. The third kappa shape index (κ3) is 0.958. The fraction of sp³-hybridized carbons (Fsp3) is 1.00. The lowest BCUT2D eigenvalue weighted by Crippen LogP contribution is -2.52. The molecule has 0 aromatic heterocycles. The Bertz CT molecular complexity index is 164. The van der Waals surface area contributed by atoms with E-state index in [2.05, 4.69) is 4.84 Å². The molecule has 0 aromatic carbocycles. The van der Waals surface area contributed by atoms with E-state index in [1.807, 2.05) is 0 Å². The zero-order valence-electron chi connectivity index (χ0n) is 7.30. The van der Waals surface area contributed by atoms with Crippen molar-refractivity contribution in [2.24, 2.45) is 23.7 Å². The van der Waals surface area contributed by atoms with Crippen LogP contribution >= 0.6 is 11.8 Å². The van der Waals surface area contributed by atoms with Crippen molar-refractivity contribution in [3.8, 4) is 0 Å². The molecule has 4 rings (SSSR count). The smallest absolute Gasteiger partial charge is 0.0277 e. The van der Waals surface area contributed by atoms with E-state index in [9.17, 15) is 0 Å². The largest absolute Gasteiger partial charge is 0.230 e. The fourth-order valence-corrected chi connectivity index (χ4v) is 4.46. The summed E-state index contributed by atoms with van der Waals surface area (Å²) in [6.45, 7) is 0. The Labute approximate surface area is 79.0 Å². The number of nitrogens with one attached hydrogen (secondary N) is 1. The average Bonchev–Trinajstić information content (AvgIpc) is 2.02. The molecular formula is C10H16ClN. The Morgan fingerprint density at radius 3 is 1.75 bits per heavy atom. The quantitative estimate of drug-likeness (QED) is 0.620. The van der Waals surface area contributed by atoms with Crippen molar-refractivity contribution >= 4 is 11.8 Å². The lowest BCUT2D eigenvalue weighted by molar-refractivity contribution is -0.00540. The van der Waals surface area contributed by atoms with Crippen LogP contribution in [0.15, 0.2) is 0 Å². The van der Waals surface area contributed by atoms with E-state index in [1.54, 1.807) is 0 Å². The summed E-state index contributed by atoms with van der Waals surface area (Å²) in [5, 5.41) is 0. The highest BCUT2D eigenvalue weighted by atomic mass is 35.5. The first-order chi connectivity index (χ1) is 5.86. The third-order valence-corrected chi connectivity index (χ3v) is 4.60. The molecule has 0 spiro atoms. The maximum Gasteiger partial charge on any atom is 0.0277 e. The molecule has 0 heterocycles. The fourth-order valence-electron chi connectivity index (χ4n) is 4.10. The van der Waals surface area contributed by atoms with Crippen LogP contribution in [0.1, 0.15) is 32.1 Å². The van der Waals surface area contributed by atoms with E-state index in [0.717, 1.165) is 23.7 Å². The van der Waals surface area contributed by atoms with Crippen LogP contribution in [0.3, 0.4) is 0 Å². The van der Waals surface area contributed by atoms with E-state index in [4.69, 9.17) is 11.8 Å². The Kier molecular flexibility index (Phi) is 1.67. The molecule has 4 bridgehead atoms. The normalized spacial score (nSPS) is 56.2. The first-order valence-electron chi connectivity index (χ1n) is 5.23.